The summed E-state index contributed by atoms with van der Waals surface area (Å²) in [6.45, 7) is 9.84. The fourth-order valence-electron chi connectivity index (χ4n) is 3.19. The van der Waals surface area contributed by atoms with Gasteiger partial charge in [-0.3, -0.25) is 4.99 Å². The number of anilines is 1. The van der Waals surface area contributed by atoms with E-state index in [1.807, 2.05) is 6.92 Å². The summed E-state index contributed by atoms with van der Waals surface area (Å²) in [6.07, 6.45) is -0.995. The lowest BCUT2D eigenvalue weighted by molar-refractivity contribution is -0.137. The summed E-state index contributed by atoms with van der Waals surface area (Å²) in [4.78, 5) is 10.7. The van der Waals surface area contributed by atoms with E-state index in [1.54, 1.807) is 0 Å². The Hall–Kier alpha value is -1.30. The van der Waals surface area contributed by atoms with E-state index < -0.39 is 11.7 Å². The second-order valence-corrected chi connectivity index (χ2v) is 7.13. The van der Waals surface area contributed by atoms with Gasteiger partial charge in [-0.2, -0.15) is 13.2 Å². The number of guanidine groups is 1. The third kappa shape index (κ3) is 8.53. The predicted molar refractivity (Wildman–Crippen MR) is 122 cm³/mol. The summed E-state index contributed by atoms with van der Waals surface area (Å²) in [7, 11) is 0. The molecule has 0 amide bonds. The number of hydrogen-bond donors (Lipinski definition) is 3. The molecule has 10 heteroatoms. The van der Waals surface area contributed by atoms with Gasteiger partial charge in [-0.05, 0) is 45.7 Å². The van der Waals surface area contributed by atoms with Crippen LogP contribution in [-0.4, -0.2) is 60.7 Å². The van der Waals surface area contributed by atoms with E-state index in [0.717, 1.165) is 38.5 Å². The lowest BCUT2D eigenvalue weighted by Gasteiger charge is -2.35. The SMILES string of the molecule is CCNC(=NCCNc1ncccc1C(F)(F)F)NC1CCN(C(C)C)CC1.I. The van der Waals surface area contributed by atoms with Crippen LogP contribution in [0.15, 0.2) is 23.3 Å². The molecule has 1 aromatic heterocycles. The molecule has 1 aliphatic rings. The highest BCUT2D eigenvalue weighted by atomic mass is 127. The lowest BCUT2D eigenvalue weighted by atomic mass is 10.0. The van der Waals surface area contributed by atoms with Crippen molar-refractivity contribution in [2.75, 3.05) is 38.0 Å². The highest BCUT2D eigenvalue weighted by Crippen LogP contribution is 2.33. The number of alkyl halides is 3. The van der Waals surface area contributed by atoms with Gasteiger partial charge in [0.05, 0.1) is 12.1 Å². The molecule has 0 unspecified atom stereocenters. The molecular weight excluding hydrogens is 496 g/mol. The molecule has 3 N–H and O–H groups in total. The van der Waals surface area contributed by atoms with Gasteiger partial charge in [0.25, 0.3) is 0 Å². The van der Waals surface area contributed by atoms with Crippen molar-refractivity contribution < 1.29 is 13.2 Å². The first kappa shape index (κ1) is 25.7. The Balaban J connectivity index is 0.00000420. The van der Waals surface area contributed by atoms with Crippen molar-refractivity contribution in [1.82, 2.24) is 20.5 Å². The van der Waals surface area contributed by atoms with E-state index in [2.05, 4.69) is 44.7 Å². The van der Waals surface area contributed by atoms with Crippen molar-refractivity contribution in [3.05, 3.63) is 23.9 Å². The van der Waals surface area contributed by atoms with Gasteiger partial charge >= 0.3 is 6.18 Å². The Kier molecular flexibility index (Phi) is 11.0. The van der Waals surface area contributed by atoms with Crippen LogP contribution in [0.5, 0.6) is 0 Å². The van der Waals surface area contributed by atoms with Crippen molar-refractivity contribution >= 4 is 35.8 Å². The van der Waals surface area contributed by atoms with Gasteiger partial charge < -0.3 is 20.9 Å². The number of aromatic nitrogens is 1. The van der Waals surface area contributed by atoms with Crippen molar-refractivity contribution in [3.63, 3.8) is 0 Å². The first-order chi connectivity index (χ1) is 13.3. The summed E-state index contributed by atoms with van der Waals surface area (Å²) in [5, 5.41) is 9.38. The Labute approximate surface area is 188 Å². The fourth-order valence-corrected chi connectivity index (χ4v) is 3.19. The van der Waals surface area contributed by atoms with Crippen LogP contribution in [0.1, 0.15) is 39.2 Å². The zero-order valence-corrected chi connectivity index (χ0v) is 19.6. The summed E-state index contributed by atoms with van der Waals surface area (Å²) in [6, 6.07) is 3.22. The minimum Gasteiger partial charge on any atom is -0.368 e. The van der Waals surface area contributed by atoms with E-state index in [9.17, 15) is 13.2 Å². The van der Waals surface area contributed by atoms with E-state index in [0.29, 0.717) is 24.6 Å². The maximum Gasteiger partial charge on any atom is 0.419 e. The number of nitrogens with one attached hydrogen (secondary N) is 3. The number of halogens is 4. The maximum absolute atomic E-state index is 13.0. The van der Waals surface area contributed by atoms with Gasteiger partial charge in [0.15, 0.2) is 5.96 Å². The summed E-state index contributed by atoms with van der Waals surface area (Å²) < 4.78 is 39.0. The second kappa shape index (κ2) is 12.4. The second-order valence-electron chi connectivity index (χ2n) is 7.13. The Morgan fingerprint density at radius 2 is 2.00 bits per heavy atom. The van der Waals surface area contributed by atoms with Gasteiger partial charge in [-0.15, -0.1) is 24.0 Å². The van der Waals surface area contributed by atoms with Crippen molar-refractivity contribution in [2.24, 2.45) is 4.99 Å². The molecule has 166 valence electrons. The monoisotopic (exact) mass is 528 g/mol. The van der Waals surface area contributed by atoms with Crippen LogP contribution < -0.4 is 16.0 Å². The summed E-state index contributed by atoms with van der Waals surface area (Å²) >= 11 is 0. The van der Waals surface area contributed by atoms with Crippen LogP contribution >= 0.6 is 24.0 Å². The molecule has 0 bridgehead atoms. The molecule has 6 nitrogen and oxygen atoms in total. The number of hydrogen-bond acceptors (Lipinski definition) is 4. The standard InChI is InChI=1S/C19H31F3N6.HI/c1-4-23-18(27-15-7-12-28(13-8-15)14(2)3)26-11-10-25-17-16(19(20,21)22)6-5-9-24-17;/h5-6,9,14-15H,4,7-8,10-13H2,1-3H3,(H,24,25)(H2,23,26,27);1H. The van der Waals surface area contributed by atoms with E-state index in [1.165, 1.54) is 12.3 Å². The molecule has 0 saturated carbocycles. The van der Waals surface area contributed by atoms with Crippen molar-refractivity contribution in [3.8, 4) is 0 Å². The van der Waals surface area contributed by atoms with Crippen LogP contribution in [0.4, 0.5) is 19.0 Å². The topological polar surface area (TPSA) is 64.6 Å². The van der Waals surface area contributed by atoms with E-state index in [4.69, 9.17) is 0 Å². The van der Waals surface area contributed by atoms with Crippen LogP contribution in [-0.2, 0) is 6.18 Å². The Morgan fingerprint density at radius 3 is 2.59 bits per heavy atom. The molecule has 29 heavy (non-hydrogen) atoms. The van der Waals surface area contributed by atoms with Crippen LogP contribution in [0.3, 0.4) is 0 Å². The van der Waals surface area contributed by atoms with E-state index >= 15 is 0 Å². The van der Waals surface area contributed by atoms with Crippen LogP contribution in [0.25, 0.3) is 0 Å². The Bertz CT molecular complexity index is 631. The van der Waals surface area contributed by atoms with Crippen LogP contribution in [0, 0.1) is 0 Å². The first-order valence-corrected chi connectivity index (χ1v) is 9.86. The zero-order valence-electron chi connectivity index (χ0n) is 17.2. The third-order valence-electron chi connectivity index (χ3n) is 4.73. The molecular formula is C19H32F3IN6. The maximum atomic E-state index is 13.0. The fraction of sp³-hybridized carbons (Fsp3) is 0.684. The van der Waals surface area contributed by atoms with Crippen LogP contribution in [0.2, 0.25) is 0 Å². The minimum absolute atomic E-state index is 0. The zero-order chi connectivity index (χ0) is 20.6. The molecule has 2 heterocycles. The minimum atomic E-state index is -4.43. The quantitative estimate of drug-likeness (QED) is 0.219. The third-order valence-corrected chi connectivity index (χ3v) is 4.73. The number of pyridine rings is 1. The molecule has 0 radical (unpaired) electrons. The number of likely N-dealkylation sites (tertiary alicyclic amines) is 1. The average molecular weight is 528 g/mol. The number of rotatable bonds is 7. The number of nitrogens with zero attached hydrogens (tertiary/aromatic N) is 3. The molecule has 2 rings (SSSR count). The molecule has 0 aliphatic carbocycles. The molecule has 0 aromatic carbocycles. The van der Waals surface area contributed by atoms with Crippen molar-refractivity contribution in [2.45, 2.75) is 51.9 Å². The molecule has 0 atom stereocenters. The molecule has 1 aromatic rings. The molecule has 0 spiro atoms. The molecule has 1 saturated heterocycles. The lowest BCUT2D eigenvalue weighted by Crippen LogP contribution is -2.50. The molecule has 1 aliphatic heterocycles. The normalized spacial score (nSPS) is 16.4. The summed E-state index contributed by atoms with van der Waals surface area (Å²) in [5.74, 6) is 0.536. The Morgan fingerprint density at radius 1 is 1.31 bits per heavy atom. The smallest absolute Gasteiger partial charge is 0.368 e. The molecule has 1 fully saturated rings. The van der Waals surface area contributed by atoms with Gasteiger partial charge in [-0.1, -0.05) is 0 Å². The van der Waals surface area contributed by atoms with E-state index in [-0.39, 0.29) is 36.3 Å². The summed E-state index contributed by atoms with van der Waals surface area (Å²) in [5.41, 5.74) is -0.763. The largest absolute Gasteiger partial charge is 0.419 e. The highest BCUT2D eigenvalue weighted by Gasteiger charge is 2.33. The first-order valence-electron chi connectivity index (χ1n) is 9.86. The van der Waals surface area contributed by atoms with Gasteiger partial charge in [-0.25, -0.2) is 4.98 Å². The van der Waals surface area contributed by atoms with Crippen molar-refractivity contribution in [1.29, 1.82) is 0 Å². The number of piperidine rings is 1. The number of aliphatic imine (C=N–C) groups is 1. The average Bonchev–Trinajstić information content (AvgIpc) is 2.65. The van der Waals surface area contributed by atoms with Gasteiger partial charge in [0, 0.05) is 44.5 Å². The van der Waals surface area contributed by atoms with Gasteiger partial charge in [0.2, 0.25) is 0 Å². The highest BCUT2D eigenvalue weighted by molar-refractivity contribution is 14.0. The predicted octanol–water partition coefficient (Wildman–Crippen LogP) is 3.56. The van der Waals surface area contributed by atoms with Gasteiger partial charge in [0.1, 0.15) is 5.82 Å².